The van der Waals surface area contributed by atoms with Crippen molar-refractivity contribution in [2.45, 2.75) is 6.61 Å². The number of amides is 3. The summed E-state index contributed by atoms with van der Waals surface area (Å²) in [6, 6.07) is 18.1. The first kappa shape index (κ1) is 23.4. The number of anilines is 1. The van der Waals surface area contributed by atoms with Crippen molar-refractivity contribution in [1.29, 1.82) is 0 Å². The molecule has 3 aromatic rings. The molecule has 0 radical (unpaired) electrons. The van der Waals surface area contributed by atoms with Gasteiger partial charge in [0, 0.05) is 22.9 Å². The lowest BCUT2D eigenvalue weighted by Gasteiger charge is -2.13. The van der Waals surface area contributed by atoms with E-state index in [-0.39, 0.29) is 24.1 Å². The van der Waals surface area contributed by atoms with E-state index < -0.39 is 23.6 Å². The normalized spacial score (nSPS) is 15.5. The maximum Gasteiger partial charge on any atom is 0.294 e. The summed E-state index contributed by atoms with van der Waals surface area (Å²) in [4.78, 5) is 38.9. The number of nitrogens with zero attached hydrogens (tertiary/aromatic N) is 1. The fraction of sp³-hybridized carbons (Fsp3) is 0.115. The summed E-state index contributed by atoms with van der Waals surface area (Å²) in [6.07, 6.45) is 1.53. The van der Waals surface area contributed by atoms with Gasteiger partial charge in [0.2, 0.25) is 12.7 Å². The number of hydrogen-bond donors (Lipinski definition) is 1. The van der Waals surface area contributed by atoms with Crippen molar-refractivity contribution in [3.8, 4) is 17.2 Å². The van der Waals surface area contributed by atoms with Crippen LogP contribution in [0.2, 0.25) is 0 Å². The molecule has 2 heterocycles. The quantitative estimate of drug-likeness (QED) is 0.460. The lowest BCUT2D eigenvalue weighted by molar-refractivity contribution is -0.127. The van der Waals surface area contributed by atoms with Crippen LogP contribution in [0, 0.1) is 5.82 Å². The molecule has 3 aromatic carbocycles. The van der Waals surface area contributed by atoms with Crippen LogP contribution in [-0.4, -0.2) is 35.3 Å². The van der Waals surface area contributed by atoms with Gasteiger partial charge in [-0.1, -0.05) is 36.4 Å². The number of carbonyl (C=O) groups is 3. The fourth-order valence-corrected chi connectivity index (χ4v) is 4.43. The molecule has 5 rings (SSSR count). The van der Waals surface area contributed by atoms with Crippen molar-refractivity contribution in [3.05, 3.63) is 88.6 Å². The van der Waals surface area contributed by atoms with Gasteiger partial charge in [0.25, 0.3) is 11.1 Å². The second-order valence-corrected chi connectivity index (χ2v) is 8.80. The predicted molar refractivity (Wildman–Crippen MR) is 131 cm³/mol. The maximum atomic E-state index is 13.9. The molecule has 0 unspecified atom stereocenters. The highest BCUT2D eigenvalue weighted by atomic mass is 32.2. The Morgan fingerprint density at radius 3 is 2.69 bits per heavy atom. The molecule has 8 nitrogen and oxygen atoms in total. The van der Waals surface area contributed by atoms with Gasteiger partial charge in [-0.25, -0.2) is 4.39 Å². The van der Waals surface area contributed by atoms with E-state index in [0.717, 1.165) is 16.7 Å². The summed E-state index contributed by atoms with van der Waals surface area (Å²) in [7, 11) is 0. The highest BCUT2D eigenvalue weighted by molar-refractivity contribution is 8.18. The van der Waals surface area contributed by atoms with Gasteiger partial charge in [-0.3, -0.25) is 19.3 Å². The fourth-order valence-electron chi connectivity index (χ4n) is 3.60. The number of carbonyl (C=O) groups excluding carboxylic acids is 3. The molecule has 0 aliphatic carbocycles. The Hall–Kier alpha value is -4.31. The molecule has 10 heteroatoms. The van der Waals surface area contributed by atoms with Gasteiger partial charge in [0.05, 0.1) is 4.91 Å². The molecule has 36 heavy (non-hydrogen) atoms. The minimum absolute atomic E-state index is 0.000958. The topological polar surface area (TPSA) is 94.2 Å². The Balaban J connectivity index is 1.26. The number of ether oxygens (including phenoxy) is 3. The average molecular weight is 507 g/mol. The summed E-state index contributed by atoms with van der Waals surface area (Å²) in [5, 5.41) is 2.09. The van der Waals surface area contributed by atoms with Gasteiger partial charge in [-0.05, 0) is 42.1 Å². The highest BCUT2D eigenvalue weighted by Crippen LogP contribution is 2.35. The van der Waals surface area contributed by atoms with Crippen LogP contribution >= 0.6 is 11.8 Å². The van der Waals surface area contributed by atoms with E-state index in [9.17, 15) is 18.8 Å². The number of rotatable bonds is 7. The minimum atomic E-state index is -0.588. The maximum absolute atomic E-state index is 13.9. The number of nitrogens with one attached hydrogen (secondary N) is 1. The Kier molecular flexibility index (Phi) is 6.59. The first-order valence-electron chi connectivity index (χ1n) is 10.9. The van der Waals surface area contributed by atoms with Crippen LogP contribution in [0.1, 0.15) is 11.1 Å². The molecular weight excluding hydrogens is 487 g/mol. The van der Waals surface area contributed by atoms with Gasteiger partial charge >= 0.3 is 0 Å². The van der Waals surface area contributed by atoms with Gasteiger partial charge < -0.3 is 19.5 Å². The summed E-state index contributed by atoms with van der Waals surface area (Å²) < 4.78 is 30.2. The van der Waals surface area contributed by atoms with E-state index in [4.69, 9.17) is 14.2 Å². The largest absolute Gasteiger partial charge is 0.488 e. The predicted octanol–water partition coefficient (Wildman–Crippen LogP) is 4.81. The number of para-hydroxylation sites is 1. The van der Waals surface area contributed by atoms with Crippen molar-refractivity contribution in [1.82, 2.24) is 4.90 Å². The molecule has 0 bridgehead atoms. The van der Waals surface area contributed by atoms with Crippen LogP contribution in [0.4, 0.5) is 14.9 Å². The third kappa shape index (κ3) is 5.03. The summed E-state index contributed by atoms with van der Waals surface area (Å²) in [5.74, 6) is -0.0102. The number of fused-ring (bicyclic) bond motifs is 1. The molecule has 1 saturated heterocycles. The minimum Gasteiger partial charge on any atom is -0.488 e. The molecule has 0 atom stereocenters. The van der Waals surface area contributed by atoms with E-state index in [2.05, 4.69) is 5.32 Å². The Morgan fingerprint density at radius 2 is 1.83 bits per heavy atom. The van der Waals surface area contributed by atoms with E-state index in [0.29, 0.717) is 34.1 Å². The van der Waals surface area contributed by atoms with Gasteiger partial charge in [-0.15, -0.1) is 0 Å². The zero-order chi connectivity index (χ0) is 25.1. The van der Waals surface area contributed by atoms with Crippen LogP contribution in [0.15, 0.2) is 71.6 Å². The SMILES string of the molecule is O=C(CN1C(=O)S/C(=C/c2ccccc2OCc2ccccc2F)C1=O)Nc1ccc2c(c1)OCO2. The molecule has 2 aliphatic rings. The third-order valence-corrected chi connectivity index (χ3v) is 6.29. The summed E-state index contributed by atoms with van der Waals surface area (Å²) >= 11 is 0.733. The molecule has 0 aromatic heterocycles. The smallest absolute Gasteiger partial charge is 0.294 e. The number of benzene rings is 3. The molecule has 0 spiro atoms. The standard InChI is InChI=1S/C26H19FN2O6S/c27-19-7-3-1-6-17(19)14-33-20-8-4-2-5-16(20)11-23-25(31)29(26(32)36-23)13-24(30)28-18-9-10-21-22(12-18)35-15-34-21/h1-12H,13-15H2,(H,28,30)/b23-11+. The third-order valence-electron chi connectivity index (χ3n) is 5.38. The molecular formula is C26H19FN2O6S. The molecule has 1 N–H and O–H groups in total. The molecule has 3 amide bonds. The van der Waals surface area contributed by atoms with Crippen molar-refractivity contribution in [2.75, 3.05) is 18.7 Å². The second-order valence-electron chi connectivity index (χ2n) is 7.80. The van der Waals surface area contributed by atoms with Gasteiger partial charge in [-0.2, -0.15) is 0 Å². The second kappa shape index (κ2) is 10.1. The molecule has 182 valence electrons. The summed E-state index contributed by atoms with van der Waals surface area (Å²) in [5.41, 5.74) is 1.39. The van der Waals surface area contributed by atoms with E-state index >= 15 is 0 Å². The highest BCUT2D eigenvalue weighted by Gasteiger charge is 2.36. The monoisotopic (exact) mass is 506 g/mol. The Bertz CT molecular complexity index is 1390. The summed E-state index contributed by atoms with van der Waals surface area (Å²) in [6.45, 7) is -0.339. The van der Waals surface area contributed by atoms with Gasteiger partial charge in [0.1, 0.15) is 24.7 Å². The van der Waals surface area contributed by atoms with Gasteiger partial charge in [0.15, 0.2) is 11.5 Å². The lowest BCUT2D eigenvalue weighted by atomic mass is 10.1. The van der Waals surface area contributed by atoms with Crippen LogP contribution in [0.3, 0.4) is 0 Å². The molecule has 1 fully saturated rings. The van der Waals surface area contributed by atoms with Crippen LogP contribution in [0.5, 0.6) is 17.2 Å². The van der Waals surface area contributed by atoms with E-state index in [1.54, 1.807) is 60.7 Å². The molecule has 0 saturated carbocycles. The van der Waals surface area contributed by atoms with Crippen molar-refractivity contribution >= 4 is 40.6 Å². The lowest BCUT2D eigenvalue weighted by Crippen LogP contribution is -2.36. The zero-order valence-corrected chi connectivity index (χ0v) is 19.5. The van der Waals surface area contributed by atoms with Crippen LogP contribution < -0.4 is 19.5 Å². The Morgan fingerprint density at radius 1 is 1.06 bits per heavy atom. The number of thioether (sulfide) groups is 1. The van der Waals surface area contributed by atoms with Crippen LogP contribution in [-0.2, 0) is 16.2 Å². The average Bonchev–Trinajstić information content (AvgIpc) is 3.44. The number of hydrogen-bond acceptors (Lipinski definition) is 7. The molecule has 2 aliphatic heterocycles. The van der Waals surface area contributed by atoms with Crippen molar-refractivity contribution in [3.63, 3.8) is 0 Å². The van der Waals surface area contributed by atoms with Crippen LogP contribution in [0.25, 0.3) is 6.08 Å². The number of halogens is 1. The Labute approximate surface area is 209 Å². The first-order chi connectivity index (χ1) is 17.5. The van der Waals surface area contributed by atoms with Crippen molar-refractivity contribution in [2.24, 2.45) is 0 Å². The zero-order valence-electron chi connectivity index (χ0n) is 18.7. The van der Waals surface area contributed by atoms with Crippen molar-refractivity contribution < 1.29 is 33.0 Å². The first-order valence-corrected chi connectivity index (χ1v) is 11.7. The van der Waals surface area contributed by atoms with E-state index in [1.165, 1.54) is 12.1 Å². The number of imide groups is 1. The van der Waals surface area contributed by atoms with E-state index in [1.807, 2.05) is 0 Å².